The van der Waals surface area contributed by atoms with Gasteiger partial charge in [-0.3, -0.25) is 4.79 Å². The third kappa shape index (κ3) is 5.57. The molecule has 1 aromatic carbocycles. The van der Waals surface area contributed by atoms with Crippen molar-refractivity contribution >= 4 is 17.4 Å². The second-order valence-electron chi connectivity index (χ2n) is 10.9. The van der Waals surface area contributed by atoms with E-state index in [4.69, 9.17) is 14.7 Å². The molecule has 3 aliphatic heterocycles. The van der Waals surface area contributed by atoms with Crippen molar-refractivity contribution in [1.82, 2.24) is 19.8 Å². The highest BCUT2D eigenvalue weighted by atomic mass is 16.5. The van der Waals surface area contributed by atoms with E-state index in [2.05, 4.69) is 66.4 Å². The molecule has 3 aliphatic rings. The second kappa shape index (κ2) is 11.6. The highest BCUT2D eigenvalue weighted by molar-refractivity contribution is 5.87. The van der Waals surface area contributed by atoms with Gasteiger partial charge >= 0.3 is 6.01 Å². The number of hydrogen-bond acceptors (Lipinski definition) is 8. The number of hydrogen-bond donors (Lipinski definition) is 0. The van der Waals surface area contributed by atoms with Gasteiger partial charge in [-0.15, -0.1) is 0 Å². The summed E-state index contributed by atoms with van der Waals surface area (Å²) >= 11 is 0. The van der Waals surface area contributed by atoms with Crippen LogP contribution in [0.1, 0.15) is 41.6 Å². The first kappa shape index (κ1) is 26.9. The number of fused-ring (bicyclic) bond motifs is 1. The maximum absolute atomic E-state index is 12.5. The van der Waals surface area contributed by atoms with Gasteiger partial charge in [0, 0.05) is 43.5 Å². The van der Waals surface area contributed by atoms with Crippen LogP contribution in [0.2, 0.25) is 0 Å². The third-order valence-corrected chi connectivity index (χ3v) is 8.58. The molecule has 9 nitrogen and oxygen atoms in total. The summed E-state index contributed by atoms with van der Waals surface area (Å²) in [6, 6.07) is 9.27. The van der Waals surface area contributed by atoms with E-state index in [0.29, 0.717) is 44.8 Å². The first-order chi connectivity index (χ1) is 18.9. The highest BCUT2D eigenvalue weighted by Crippen LogP contribution is 2.34. The summed E-state index contributed by atoms with van der Waals surface area (Å²) in [6.45, 7) is 12.9. The largest absolute Gasteiger partial charge is 0.462 e. The molecule has 2 aromatic rings. The molecular formula is C30H39N7O2. The number of aryl methyl sites for hydroxylation is 1. The number of carbonyl (C=O) groups excluding carboxylic acids is 1. The summed E-state index contributed by atoms with van der Waals surface area (Å²) in [6.07, 6.45) is 4.71. The minimum atomic E-state index is -0.216. The zero-order valence-electron chi connectivity index (χ0n) is 23.4. The zero-order valence-corrected chi connectivity index (χ0v) is 23.4. The first-order valence-electron chi connectivity index (χ1n) is 14.0. The van der Waals surface area contributed by atoms with Crippen molar-refractivity contribution in [2.75, 3.05) is 56.2 Å². The Morgan fingerprint density at radius 3 is 2.77 bits per heavy atom. The molecule has 2 fully saturated rings. The second-order valence-corrected chi connectivity index (χ2v) is 10.9. The molecule has 39 heavy (non-hydrogen) atoms. The van der Waals surface area contributed by atoms with Gasteiger partial charge in [-0.05, 0) is 70.0 Å². The number of benzene rings is 1. The number of rotatable bonds is 7. The predicted octanol–water partition coefficient (Wildman–Crippen LogP) is 3.25. The molecule has 0 spiro atoms. The van der Waals surface area contributed by atoms with E-state index in [-0.39, 0.29) is 18.4 Å². The average molecular weight is 530 g/mol. The molecule has 1 aromatic heterocycles. The number of amides is 1. The summed E-state index contributed by atoms with van der Waals surface area (Å²) in [4.78, 5) is 31.1. The van der Waals surface area contributed by atoms with Crippen molar-refractivity contribution in [2.45, 2.75) is 58.2 Å². The monoisotopic (exact) mass is 529 g/mol. The van der Waals surface area contributed by atoms with Gasteiger partial charge in [0.05, 0.1) is 30.8 Å². The summed E-state index contributed by atoms with van der Waals surface area (Å²) < 4.78 is 6.25. The van der Waals surface area contributed by atoms with Crippen molar-refractivity contribution < 1.29 is 9.53 Å². The molecule has 0 N–H and O–H groups in total. The molecule has 2 unspecified atom stereocenters. The van der Waals surface area contributed by atoms with Crippen LogP contribution in [0, 0.1) is 25.2 Å². The number of ether oxygens (including phenoxy) is 1. The fourth-order valence-electron chi connectivity index (χ4n) is 6.09. The molecule has 5 rings (SSSR count). The first-order valence-corrected chi connectivity index (χ1v) is 14.0. The van der Waals surface area contributed by atoms with E-state index >= 15 is 0 Å². The Morgan fingerprint density at radius 2 is 2.03 bits per heavy atom. The molecular weight excluding hydrogens is 490 g/mol. The lowest BCUT2D eigenvalue weighted by atomic mass is 10.0. The van der Waals surface area contributed by atoms with Crippen molar-refractivity contribution in [2.24, 2.45) is 0 Å². The van der Waals surface area contributed by atoms with Gasteiger partial charge in [0.1, 0.15) is 12.4 Å². The number of aromatic nitrogens is 2. The van der Waals surface area contributed by atoms with Crippen molar-refractivity contribution in [3.05, 3.63) is 53.2 Å². The molecule has 206 valence electrons. The normalized spacial score (nSPS) is 21.4. The minimum Gasteiger partial charge on any atom is -0.462 e. The van der Waals surface area contributed by atoms with E-state index in [0.717, 1.165) is 43.0 Å². The number of nitrogens with zero attached hydrogens (tertiary/aromatic N) is 7. The van der Waals surface area contributed by atoms with E-state index in [1.54, 1.807) is 4.90 Å². The van der Waals surface area contributed by atoms with Crippen molar-refractivity contribution in [3.8, 4) is 12.1 Å². The molecule has 0 radical (unpaired) electrons. The number of anilines is 2. The predicted molar refractivity (Wildman–Crippen MR) is 152 cm³/mol. The molecule has 1 amide bonds. The van der Waals surface area contributed by atoms with Crippen LogP contribution >= 0.6 is 0 Å². The van der Waals surface area contributed by atoms with E-state index in [1.165, 1.54) is 29.3 Å². The standard InChI is InChI=1S/C30H39N7O2/c1-5-28(38)37-17-16-36(18-23(37)11-13-31)29-25-12-15-35(27-10-6-8-21(2)22(27)3)19-26(25)32-30(33-29)39-20-24-9-7-14-34(24)4/h5-6,8,10,23-24H,1,7,9,11-12,14-20H2,2-4H3. The maximum atomic E-state index is 12.5. The molecule has 0 aliphatic carbocycles. The molecule has 0 saturated carbocycles. The van der Waals surface area contributed by atoms with Crippen LogP contribution in [0.15, 0.2) is 30.9 Å². The highest BCUT2D eigenvalue weighted by Gasteiger charge is 2.33. The van der Waals surface area contributed by atoms with Crippen LogP contribution in [0.3, 0.4) is 0 Å². The Bertz CT molecular complexity index is 1270. The third-order valence-electron chi connectivity index (χ3n) is 8.58. The zero-order chi connectivity index (χ0) is 27.5. The van der Waals surface area contributed by atoms with Crippen LogP contribution < -0.4 is 14.5 Å². The fraction of sp³-hybridized carbons (Fsp3) is 0.533. The average Bonchev–Trinajstić information content (AvgIpc) is 3.36. The topological polar surface area (TPSA) is 88.8 Å². The summed E-state index contributed by atoms with van der Waals surface area (Å²) in [5.74, 6) is 0.748. The summed E-state index contributed by atoms with van der Waals surface area (Å²) in [5, 5.41) is 9.47. The van der Waals surface area contributed by atoms with Gasteiger partial charge in [0.2, 0.25) is 5.91 Å². The Labute approximate surface area is 231 Å². The van der Waals surface area contributed by atoms with Crippen molar-refractivity contribution in [3.63, 3.8) is 0 Å². The maximum Gasteiger partial charge on any atom is 0.318 e. The van der Waals surface area contributed by atoms with Gasteiger partial charge in [0.15, 0.2) is 0 Å². The number of likely N-dealkylation sites (N-methyl/N-ethyl adjacent to an activating group) is 1. The van der Waals surface area contributed by atoms with Crippen LogP contribution in [-0.4, -0.2) is 84.1 Å². The Kier molecular flexibility index (Phi) is 8.03. The van der Waals surface area contributed by atoms with Gasteiger partial charge < -0.3 is 24.3 Å². The smallest absolute Gasteiger partial charge is 0.318 e. The van der Waals surface area contributed by atoms with Gasteiger partial charge in [-0.25, -0.2) is 0 Å². The van der Waals surface area contributed by atoms with E-state index in [9.17, 15) is 10.1 Å². The lowest BCUT2D eigenvalue weighted by Gasteiger charge is -2.42. The van der Waals surface area contributed by atoms with Crippen LogP contribution in [0.5, 0.6) is 6.01 Å². The molecule has 0 bridgehead atoms. The Morgan fingerprint density at radius 1 is 1.18 bits per heavy atom. The van der Waals surface area contributed by atoms with Crippen LogP contribution in [-0.2, 0) is 17.8 Å². The quantitative estimate of drug-likeness (QED) is 0.505. The van der Waals surface area contributed by atoms with Gasteiger partial charge in [-0.1, -0.05) is 18.7 Å². The number of likely N-dealkylation sites (tertiary alicyclic amines) is 1. The van der Waals surface area contributed by atoms with E-state index in [1.807, 2.05) is 0 Å². The van der Waals surface area contributed by atoms with Crippen LogP contribution in [0.25, 0.3) is 0 Å². The lowest BCUT2D eigenvalue weighted by Crippen LogP contribution is -2.55. The fourth-order valence-corrected chi connectivity index (χ4v) is 6.09. The van der Waals surface area contributed by atoms with E-state index < -0.39 is 0 Å². The number of nitriles is 1. The van der Waals surface area contributed by atoms with Crippen LogP contribution in [0.4, 0.5) is 11.5 Å². The molecule has 2 atom stereocenters. The minimum absolute atomic E-state index is 0.131. The molecule has 9 heteroatoms. The van der Waals surface area contributed by atoms with Gasteiger partial charge in [-0.2, -0.15) is 15.2 Å². The Hall–Kier alpha value is -3.64. The molecule has 4 heterocycles. The van der Waals surface area contributed by atoms with Gasteiger partial charge in [0.25, 0.3) is 0 Å². The summed E-state index contributed by atoms with van der Waals surface area (Å²) in [7, 11) is 2.14. The number of carbonyl (C=O) groups is 1. The van der Waals surface area contributed by atoms with Crippen molar-refractivity contribution in [1.29, 1.82) is 5.26 Å². The Balaban J connectivity index is 1.46. The summed E-state index contributed by atoms with van der Waals surface area (Å²) in [5.41, 5.74) is 5.94. The SMILES string of the molecule is C=CC(=O)N1CCN(c2nc(OCC3CCCN3C)nc3c2CCN(c2cccc(C)c2C)C3)CC1CC#N. The number of piperazine rings is 1. The molecule has 2 saturated heterocycles. The lowest BCUT2D eigenvalue weighted by molar-refractivity contribution is -0.128.